The summed E-state index contributed by atoms with van der Waals surface area (Å²) in [6, 6.07) is 15.0. The van der Waals surface area contributed by atoms with E-state index >= 15 is 0 Å². The Morgan fingerprint density at radius 1 is 1.18 bits per heavy atom. The fourth-order valence-electron chi connectivity index (χ4n) is 3.98. The number of aromatic nitrogens is 1. The van der Waals surface area contributed by atoms with Crippen molar-refractivity contribution in [2.75, 3.05) is 18.9 Å². The molecule has 0 spiro atoms. The predicted molar refractivity (Wildman–Crippen MR) is 127 cm³/mol. The molecule has 0 bridgehead atoms. The van der Waals surface area contributed by atoms with E-state index in [0.717, 1.165) is 16.3 Å². The van der Waals surface area contributed by atoms with Crippen LogP contribution in [0.15, 0.2) is 60.8 Å². The van der Waals surface area contributed by atoms with Gasteiger partial charge in [0.2, 0.25) is 5.91 Å². The second-order valence-corrected chi connectivity index (χ2v) is 8.01. The summed E-state index contributed by atoms with van der Waals surface area (Å²) in [5.41, 5.74) is 7.43. The number of nitrogens with zero attached hydrogens (tertiary/aromatic N) is 2. The lowest BCUT2D eigenvalue weighted by Crippen LogP contribution is -2.60. The van der Waals surface area contributed by atoms with E-state index in [-0.39, 0.29) is 18.4 Å². The number of anilines is 1. The Bertz CT molecular complexity index is 1200. The lowest BCUT2D eigenvalue weighted by Gasteiger charge is -2.41. The van der Waals surface area contributed by atoms with Gasteiger partial charge in [-0.1, -0.05) is 42.5 Å². The van der Waals surface area contributed by atoms with Gasteiger partial charge in [0.05, 0.1) is 6.61 Å². The maximum Gasteiger partial charge on any atom is 0.408 e. The van der Waals surface area contributed by atoms with Gasteiger partial charge in [-0.25, -0.2) is 9.78 Å². The highest BCUT2D eigenvalue weighted by Crippen LogP contribution is 2.25. The minimum absolute atomic E-state index is 0.189. The summed E-state index contributed by atoms with van der Waals surface area (Å²) in [6.07, 6.45) is 1.52. The molecule has 0 radical (unpaired) electrons. The van der Waals surface area contributed by atoms with Gasteiger partial charge < -0.3 is 26.0 Å². The summed E-state index contributed by atoms with van der Waals surface area (Å²) in [5, 5.41) is 7.33. The maximum atomic E-state index is 13.3. The zero-order valence-electron chi connectivity index (χ0n) is 18.9. The first-order chi connectivity index (χ1) is 16.5. The van der Waals surface area contributed by atoms with Gasteiger partial charge in [0.15, 0.2) is 0 Å². The number of fused-ring (bicyclic) bond motifs is 1. The van der Waals surface area contributed by atoms with Gasteiger partial charge in [-0.05, 0) is 42.0 Å². The highest BCUT2D eigenvalue weighted by Gasteiger charge is 2.41. The van der Waals surface area contributed by atoms with Crippen molar-refractivity contribution in [1.29, 1.82) is 0 Å². The van der Waals surface area contributed by atoms with Gasteiger partial charge in [-0.2, -0.15) is 0 Å². The molecule has 3 amide bonds. The van der Waals surface area contributed by atoms with Crippen molar-refractivity contribution in [1.82, 2.24) is 20.5 Å². The van der Waals surface area contributed by atoms with Crippen LogP contribution in [0.2, 0.25) is 0 Å². The molecule has 1 aromatic heterocycles. The number of carbonyl (C=O) groups is 3. The number of hydrogen-bond donors (Lipinski definition) is 3. The Balaban J connectivity index is 1.42. The van der Waals surface area contributed by atoms with Crippen molar-refractivity contribution < 1.29 is 19.1 Å². The standard InChI is InChI=1S/C25H27N5O4/c1-2-34-25(33)29-21(17-6-4-3-5-7-17)24(32)30-13-11-20(30)23(31)28-15-16-8-9-19-18(14-16)10-12-27-22(19)26/h3-10,12,14,20-21H,2,11,13,15H2,1H3,(H2,26,27)(H,28,31)(H,29,33)/t20?,21-/m1/s1. The zero-order valence-corrected chi connectivity index (χ0v) is 18.9. The average Bonchev–Trinajstić information content (AvgIpc) is 2.81. The van der Waals surface area contributed by atoms with E-state index in [1.807, 2.05) is 30.3 Å². The van der Waals surface area contributed by atoms with Crippen molar-refractivity contribution in [3.05, 3.63) is 71.9 Å². The van der Waals surface area contributed by atoms with Crippen LogP contribution in [0.5, 0.6) is 0 Å². The van der Waals surface area contributed by atoms with E-state index in [2.05, 4.69) is 15.6 Å². The molecule has 9 heteroatoms. The number of carbonyl (C=O) groups excluding carboxylic acids is 3. The highest BCUT2D eigenvalue weighted by molar-refractivity contribution is 5.94. The molecule has 0 saturated carbocycles. The molecule has 34 heavy (non-hydrogen) atoms. The van der Waals surface area contributed by atoms with E-state index in [4.69, 9.17) is 10.5 Å². The molecule has 176 valence electrons. The number of alkyl carbamates (subject to hydrolysis) is 1. The molecule has 1 aliphatic heterocycles. The van der Waals surface area contributed by atoms with Crippen LogP contribution in [0.1, 0.15) is 30.5 Å². The molecule has 1 saturated heterocycles. The number of nitrogens with one attached hydrogen (secondary N) is 2. The lowest BCUT2D eigenvalue weighted by molar-refractivity contribution is -0.149. The topological polar surface area (TPSA) is 127 Å². The van der Waals surface area contributed by atoms with Crippen LogP contribution < -0.4 is 16.4 Å². The molecule has 9 nitrogen and oxygen atoms in total. The molecule has 2 heterocycles. The van der Waals surface area contributed by atoms with E-state index < -0.39 is 18.2 Å². The molecule has 2 atom stereocenters. The summed E-state index contributed by atoms with van der Waals surface area (Å²) >= 11 is 0. The van der Waals surface area contributed by atoms with Crippen molar-refractivity contribution in [2.45, 2.75) is 32.0 Å². The zero-order chi connectivity index (χ0) is 24.1. The van der Waals surface area contributed by atoms with Crippen molar-refractivity contribution in [3.8, 4) is 0 Å². The number of amides is 3. The Labute approximate surface area is 197 Å². The third-order valence-corrected chi connectivity index (χ3v) is 5.85. The van der Waals surface area contributed by atoms with E-state index in [1.54, 1.807) is 37.4 Å². The number of ether oxygens (including phenoxy) is 1. The number of pyridine rings is 1. The van der Waals surface area contributed by atoms with E-state index in [0.29, 0.717) is 30.9 Å². The maximum absolute atomic E-state index is 13.3. The number of nitrogen functional groups attached to an aromatic ring is 1. The summed E-state index contributed by atoms with van der Waals surface area (Å²) < 4.78 is 4.96. The predicted octanol–water partition coefficient (Wildman–Crippen LogP) is 2.52. The van der Waals surface area contributed by atoms with Gasteiger partial charge in [-0.15, -0.1) is 0 Å². The van der Waals surface area contributed by atoms with Crippen molar-refractivity contribution in [2.24, 2.45) is 0 Å². The molecule has 4 N–H and O–H groups in total. The largest absolute Gasteiger partial charge is 0.450 e. The lowest BCUT2D eigenvalue weighted by atomic mass is 9.97. The van der Waals surface area contributed by atoms with Gasteiger partial charge >= 0.3 is 6.09 Å². The Hall–Kier alpha value is -4.14. The molecule has 1 fully saturated rings. The molecule has 4 rings (SSSR count). The highest BCUT2D eigenvalue weighted by atomic mass is 16.5. The number of hydrogen-bond acceptors (Lipinski definition) is 6. The quantitative estimate of drug-likeness (QED) is 0.496. The van der Waals surface area contributed by atoms with E-state index in [1.165, 1.54) is 4.90 Å². The molecule has 1 unspecified atom stereocenters. The number of rotatable bonds is 7. The first-order valence-electron chi connectivity index (χ1n) is 11.2. The third-order valence-electron chi connectivity index (χ3n) is 5.85. The number of likely N-dealkylation sites (tertiary alicyclic amines) is 1. The van der Waals surface area contributed by atoms with Gasteiger partial charge in [-0.3, -0.25) is 9.59 Å². The fourth-order valence-corrected chi connectivity index (χ4v) is 3.98. The third kappa shape index (κ3) is 4.93. The summed E-state index contributed by atoms with van der Waals surface area (Å²) in [4.78, 5) is 43.8. The summed E-state index contributed by atoms with van der Waals surface area (Å²) in [6.45, 7) is 2.63. The van der Waals surface area contributed by atoms with Crippen LogP contribution in [-0.2, 0) is 20.9 Å². The van der Waals surface area contributed by atoms with E-state index in [9.17, 15) is 14.4 Å². The van der Waals surface area contributed by atoms with Crippen LogP contribution in [0.4, 0.5) is 10.6 Å². The van der Waals surface area contributed by atoms with Crippen molar-refractivity contribution in [3.63, 3.8) is 0 Å². The average molecular weight is 462 g/mol. The molecular weight excluding hydrogens is 434 g/mol. The Kier molecular flexibility index (Phi) is 6.91. The summed E-state index contributed by atoms with van der Waals surface area (Å²) in [5.74, 6) is -0.127. The van der Waals surface area contributed by atoms with Crippen LogP contribution in [-0.4, -0.2) is 47.0 Å². The monoisotopic (exact) mass is 461 g/mol. The first kappa shape index (κ1) is 23.0. The van der Waals surface area contributed by atoms with Crippen LogP contribution >= 0.6 is 0 Å². The number of benzene rings is 2. The molecule has 1 aliphatic rings. The second kappa shape index (κ2) is 10.2. The van der Waals surface area contributed by atoms with Crippen LogP contribution in [0.3, 0.4) is 0 Å². The molecule has 2 aromatic carbocycles. The Morgan fingerprint density at radius 2 is 1.97 bits per heavy atom. The minimum atomic E-state index is -0.935. The number of nitrogens with two attached hydrogens (primary N) is 1. The smallest absolute Gasteiger partial charge is 0.408 e. The van der Waals surface area contributed by atoms with Crippen LogP contribution in [0, 0.1) is 0 Å². The fraction of sp³-hybridized carbons (Fsp3) is 0.280. The first-order valence-corrected chi connectivity index (χ1v) is 11.2. The Morgan fingerprint density at radius 3 is 2.68 bits per heavy atom. The summed E-state index contributed by atoms with van der Waals surface area (Å²) in [7, 11) is 0. The normalized spacial score (nSPS) is 15.8. The SMILES string of the molecule is CCOC(=O)N[C@@H](C(=O)N1CCC1C(=O)NCc1ccc2c(N)nccc2c1)c1ccccc1. The van der Waals surface area contributed by atoms with Gasteiger partial charge in [0.1, 0.15) is 17.9 Å². The molecular formula is C25H27N5O4. The minimum Gasteiger partial charge on any atom is -0.450 e. The second-order valence-electron chi connectivity index (χ2n) is 8.01. The molecule has 0 aliphatic carbocycles. The van der Waals surface area contributed by atoms with Crippen LogP contribution in [0.25, 0.3) is 10.8 Å². The molecule has 3 aromatic rings. The van der Waals surface area contributed by atoms with Gasteiger partial charge in [0, 0.05) is 24.7 Å². The van der Waals surface area contributed by atoms with Gasteiger partial charge in [0.25, 0.3) is 5.91 Å². The van der Waals surface area contributed by atoms with Crippen molar-refractivity contribution >= 4 is 34.5 Å².